The number of aryl methyl sites for hydroxylation is 1. The zero-order chi connectivity index (χ0) is 19.1. The second kappa shape index (κ2) is 7.11. The molecule has 1 heterocycles. The lowest BCUT2D eigenvalue weighted by Crippen LogP contribution is -2.47. The zero-order valence-corrected chi connectivity index (χ0v) is 16.0. The summed E-state index contributed by atoms with van der Waals surface area (Å²) in [6.07, 6.45) is 8.28. The number of esters is 1. The first kappa shape index (κ1) is 18.2. The lowest BCUT2D eigenvalue weighted by Gasteiger charge is -2.41. The van der Waals surface area contributed by atoms with Crippen LogP contribution in [0.25, 0.3) is 0 Å². The third-order valence-electron chi connectivity index (χ3n) is 5.97. The van der Waals surface area contributed by atoms with Gasteiger partial charge in [-0.1, -0.05) is 12.2 Å². The van der Waals surface area contributed by atoms with Crippen molar-refractivity contribution in [3.8, 4) is 0 Å². The Bertz CT molecular complexity index is 827. The average Bonchev–Trinajstić information content (AvgIpc) is 3.22. The number of rotatable bonds is 5. The number of allylic oxidation sites excluding steroid dienone is 2. The summed E-state index contributed by atoms with van der Waals surface area (Å²) < 4.78 is 5.20. The quantitative estimate of drug-likeness (QED) is 0.596. The largest absolute Gasteiger partial charge is 0.481 e. The van der Waals surface area contributed by atoms with E-state index in [1.807, 2.05) is 12.2 Å². The highest BCUT2D eigenvalue weighted by atomic mass is 32.1. The van der Waals surface area contributed by atoms with Crippen LogP contribution in [0.3, 0.4) is 0 Å². The van der Waals surface area contributed by atoms with Gasteiger partial charge in [-0.3, -0.25) is 9.59 Å². The van der Waals surface area contributed by atoms with Gasteiger partial charge in [-0.2, -0.15) is 0 Å². The molecule has 0 radical (unpaired) electrons. The summed E-state index contributed by atoms with van der Waals surface area (Å²) in [5.74, 6) is -3.09. The maximum atomic E-state index is 13.1. The normalized spacial score (nSPS) is 28.0. The predicted octanol–water partition coefficient (Wildman–Crippen LogP) is 3.27. The maximum Gasteiger partial charge on any atom is 0.341 e. The van der Waals surface area contributed by atoms with E-state index in [1.165, 1.54) is 11.3 Å². The Morgan fingerprint density at radius 1 is 1.19 bits per heavy atom. The molecule has 144 valence electrons. The molecule has 2 N–H and O–H groups in total. The number of carboxylic acid groups (broad SMARTS) is 1. The molecule has 0 aliphatic heterocycles. The fraction of sp³-hybridized carbons (Fsp3) is 0.550. The highest BCUT2D eigenvalue weighted by Crippen LogP contribution is 2.46. The first-order chi connectivity index (χ1) is 13.0. The summed E-state index contributed by atoms with van der Waals surface area (Å²) in [6.45, 7) is 2.03. The molecule has 6 nitrogen and oxygen atoms in total. The van der Waals surface area contributed by atoms with Gasteiger partial charge in [0.05, 0.1) is 24.0 Å². The fourth-order valence-electron chi connectivity index (χ4n) is 4.79. The number of amides is 1. The van der Waals surface area contributed by atoms with Gasteiger partial charge in [-0.25, -0.2) is 4.79 Å². The monoisotopic (exact) mass is 389 g/mol. The minimum Gasteiger partial charge on any atom is -0.481 e. The molecule has 27 heavy (non-hydrogen) atoms. The van der Waals surface area contributed by atoms with Crippen molar-refractivity contribution in [2.75, 3.05) is 11.9 Å². The number of carbonyl (C=O) groups excluding carboxylic acids is 2. The van der Waals surface area contributed by atoms with Crippen LogP contribution < -0.4 is 5.32 Å². The predicted molar refractivity (Wildman–Crippen MR) is 101 cm³/mol. The molecule has 5 rings (SSSR count). The van der Waals surface area contributed by atoms with Gasteiger partial charge in [0.15, 0.2) is 0 Å². The number of fused-ring (bicyclic) bond motifs is 3. The third kappa shape index (κ3) is 3.08. The molecule has 0 saturated heterocycles. The van der Waals surface area contributed by atoms with Crippen molar-refractivity contribution in [3.05, 3.63) is 28.2 Å². The third-order valence-corrected chi connectivity index (χ3v) is 7.18. The van der Waals surface area contributed by atoms with Gasteiger partial charge in [0.2, 0.25) is 5.91 Å². The second-order valence-corrected chi connectivity index (χ2v) is 8.56. The topological polar surface area (TPSA) is 92.7 Å². The lowest BCUT2D eigenvalue weighted by molar-refractivity contribution is -0.151. The Morgan fingerprint density at radius 2 is 1.89 bits per heavy atom. The van der Waals surface area contributed by atoms with Crippen molar-refractivity contribution in [1.29, 1.82) is 0 Å². The number of hydrogen-bond donors (Lipinski definition) is 2. The molecule has 1 aromatic heterocycles. The number of anilines is 1. The van der Waals surface area contributed by atoms with Crippen molar-refractivity contribution in [1.82, 2.24) is 0 Å². The van der Waals surface area contributed by atoms with Crippen LogP contribution in [0, 0.1) is 23.7 Å². The number of hydrogen-bond acceptors (Lipinski definition) is 5. The van der Waals surface area contributed by atoms with Crippen LogP contribution in [-0.2, 0) is 27.2 Å². The molecule has 4 unspecified atom stereocenters. The van der Waals surface area contributed by atoms with E-state index < -0.39 is 23.8 Å². The fourth-order valence-corrected chi connectivity index (χ4v) is 6.08. The van der Waals surface area contributed by atoms with Gasteiger partial charge in [-0.05, 0) is 56.4 Å². The molecule has 1 amide bonds. The Morgan fingerprint density at radius 3 is 2.52 bits per heavy atom. The van der Waals surface area contributed by atoms with E-state index >= 15 is 0 Å². The van der Waals surface area contributed by atoms with Gasteiger partial charge >= 0.3 is 11.9 Å². The Balaban J connectivity index is 1.63. The number of thiophene rings is 1. The van der Waals surface area contributed by atoms with E-state index in [9.17, 15) is 19.5 Å². The molecule has 2 bridgehead atoms. The molecule has 1 aromatic rings. The van der Waals surface area contributed by atoms with Crippen LogP contribution in [0.5, 0.6) is 0 Å². The Hall–Kier alpha value is -2.15. The SMILES string of the molecule is CCOC(=O)c1c(NC(=O)C2C3C=CC(CC3)C2C(=O)O)sc2c1CCC2. The van der Waals surface area contributed by atoms with Crippen LogP contribution in [0.1, 0.15) is 47.0 Å². The van der Waals surface area contributed by atoms with Crippen molar-refractivity contribution >= 4 is 34.2 Å². The van der Waals surface area contributed by atoms with Crippen LogP contribution >= 0.6 is 11.3 Å². The number of carboxylic acids is 1. The van der Waals surface area contributed by atoms with Crippen molar-refractivity contribution < 1.29 is 24.2 Å². The van der Waals surface area contributed by atoms with Gasteiger partial charge < -0.3 is 15.2 Å². The summed E-state index contributed by atoms with van der Waals surface area (Å²) in [7, 11) is 0. The van der Waals surface area contributed by atoms with E-state index in [0.29, 0.717) is 10.6 Å². The van der Waals surface area contributed by atoms with E-state index in [2.05, 4.69) is 5.32 Å². The number of carbonyl (C=O) groups is 3. The van der Waals surface area contributed by atoms with Crippen molar-refractivity contribution in [2.24, 2.45) is 23.7 Å². The number of ether oxygens (including phenoxy) is 1. The van der Waals surface area contributed by atoms with Crippen molar-refractivity contribution in [2.45, 2.75) is 39.0 Å². The molecule has 1 saturated carbocycles. The minimum absolute atomic E-state index is 0.0612. The molecular weight excluding hydrogens is 366 g/mol. The summed E-state index contributed by atoms with van der Waals surface area (Å²) in [5, 5.41) is 13.1. The molecule has 1 fully saturated rings. The maximum absolute atomic E-state index is 13.1. The molecular formula is C20H23NO5S. The highest BCUT2D eigenvalue weighted by molar-refractivity contribution is 7.17. The number of aliphatic carboxylic acids is 1. The summed E-state index contributed by atoms with van der Waals surface area (Å²) in [6, 6.07) is 0. The first-order valence-electron chi connectivity index (χ1n) is 9.55. The Labute approximate surface area is 161 Å². The Kier molecular flexibility index (Phi) is 4.80. The van der Waals surface area contributed by atoms with E-state index in [-0.39, 0.29) is 24.3 Å². The molecule has 7 heteroatoms. The highest BCUT2D eigenvalue weighted by Gasteiger charge is 2.48. The molecule has 4 aliphatic rings. The molecule has 4 atom stereocenters. The van der Waals surface area contributed by atoms with E-state index in [4.69, 9.17) is 4.74 Å². The number of nitrogens with one attached hydrogen (secondary N) is 1. The molecule has 4 aliphatic carbocycles. The average molecular weight is 389 g/mol. The van der Waals surface area contributed by atoms with E-state index in [0.717, 1.165) is 42.5 Å². The summed E-state index contributed by atoms with van der Waals surface area (Å²) in [5.41, 5.74) is 1.44. The molecule has 0 spiro atoms. The van der Waals surface area contributed by atoms with Crippen LogP contribution in [-0.4, -0.2) is 29.6 Å². The van der Waals surface area contributed by atoms with Gasteiger partial charge in [-0.15, -0.1) is 11.3 Å². The second-order valence-electron chi connectivity index (χ2n) is 7.45. The van der Waals surface area contributed by atoms with Gasteiger partial charge in [0.1, 0.15) is 5.00 Å². The van der Waals surface area contributed by atoms with Gasteiger partial charge in [0.25, 0.3) is 0 Å². The standard InChI is InChI=1S/C20H23NO5S/c1-2-26-20(25)16-12-4-3-5-13(12)27-18(16)21-17(22)14-10-6-8-11(9-7-10)15(14)19(23)24/h6,8,10-11,14-15H,2-5,7,9H2,1H3,(H,21,22)(H,23,24). The lowest BCUT2D eigenvalue weighted by atomic mass is 9.62. The summed E-state index contributed by atoms with van der Waals surface area (Å²) >= 11 is 1.43. The van der Waals surface area contributed by atoms with Crippen molar-refractivity contribution in [3.63, 3.8) is 0 Å². The van der Waals surface area contributed by atoms with Crippen LogP contribution in [0.15, 0.2) is 12.2 Å². The summed E-state index contributed by atoms with van der Waals surface area (Å²) in [4.78, 5) is 38.5. The first-order valence-corrected chi connectivity index (χ1v) is 10.4. The van der Waals surface area contributed by atoms with Crippen LogP contribution in [0.2, 0.25) is 0 Å². The minimum atomic E-state index is -0.923. The zero-order valence-electron chi connectivity index (χ0n) is 15.2. The van der Waals surface area contributed by atoms with Gasteiger partial charge in [0, 0.05) is 4.88 Å². The van der Waals surface area contributed by atoms with Crippen LogP contribution in [0.4, 0.5) is 5.00 Å². The smallest absolute Gasteiger partial charge is 0.341 e. The molecule has 0 aromatic carbocycles. The van der Waals surface area contributed by atoms with E-state index in [1.54, 1.807) is 6.92 Å².